The SMILES string of the molecule is Cc1ccc(F)c(C)c1CN1CCNc2nnc(-c3n[nH]c(C(C)C)n3)cc21. The van der Waals surface area contributed by atoms with Crippen molar-refractivity contribution in [3.8, 4) is 11.5 Å². The summed E-state index contributed by atoms with van der Waals surface area (Å²) in [7, 11) is 0. The van der Waals surface area contributed by atoms with Gasteiger partial charge in [0.1, 0.15) is 17.3 Å². The second kappa shape index (κ2) is 7.18. The molecule has 0 atom stereocenters. The number of aryl methyl sites for hydroxylation is 1. The average Bonchev–Trinajstić information content (AvgIpc) is 3.18. The van der Waals surface area contributed by atoms with Gasteiger partial charge in [0, 0.05) is 25.6 Å². The quantitative estimate of drug-likeness (QED) is 0.719. The molecule has 3 heterocycles. The number of benzene rings is 1. The number of aromatic amines is 1. The standard InChI is InChI=1S/C20H24FN7/c1-11(2)18-23-19(26-25-18)16-9-17-20(27-24-16)22-7-8-28(17)10-14-12(3)5-6-15(21)13(14)4/h5-6,9,11H,7-8,10H2,1-4H3,(H,22,27)(H,23,25,26). The Balaban J connectivity index is 1.69. The summed E-state index contributed by atoms with van der Waals surface area (Å²) in [5.41, 5.74) is 4.32. The zero-order chi connectivity index (χ0) is 19.8. The number of hydrogen-bond donors (Lipinski definition) is 2. The zero-order valence-corrected chi connectivity index (χ0v) is 16.5. The van der Waals surface area contributed by atoms with Gasteiger partial charge in [0.25, 0.3) is 0 Å². The average molecular weight is 381 g/mol. The number of fused-ring (bicyclic) bond motifs is 1. The maximum absolute atomic E-state index is 14.1. The van der Waals surface area contributed by atoms with E-state index in [4.69, 9.17) is 0 Å². The van der Waals surface area contributed by atoms with E-state index >= 15 is 0 Å². The first-order chi connectivity index (χ1) is 13.4. The lowest BCUT2D eigenvalue weighted by atomic mass is 10.0. The van der Waals surface area contributed by atoms with Gasteiger partial charge in [-0.15, -0.1) is 10.2 Å². The van der Waals surface area contributed by atoms with Crippen molar-refractivity contribution in [3.63, 3.8) is 0 Å². The van der Waals surface area contributed by atoms with Crippen molar-refractivity contribution in [3.05, 3.63) is 46.5 Å². The Bertz CT molecular complexity index is 1010. The summed E-state index contributed by atoms with van der Waals surface area (Å²) in [6.07, 6.45) is 0. The fraction of sp³-hybridized carbons (Fsp3) is 0.400. The van der Waals surface area contributed by atoms with Gasteiger partial charge in [0.15, 0.2) is 5.82 Å². The summed E-state index contributed by atoms with van der Waals surface area (Å²) in [5, 5.41) is 19.1. The van der Waals surface area contributed by atoms with Crippen molar-refractivity contribution in [1.29, 1.82) is 0 Å². The first-order valence-electron chi connectivity index (χ1n) is 9.48. The van der Waals surface area contributed by atoms with Crippen LogP contribution in [-0.4, -0.2) is 38.5 Å². The fourth-order valence-corrected chi connectivity index (χ4v) is 3.40. The lowest BCUT2D eigenvalue weighted by Crippen LogP contribution is -2.34. The molecule has 0 aliphatic carbocycles. The molecule has 0 bridgehead atoms. The van der Waals surface area contributed by atoms with E-state index < -0.39 is 0 Å². The predicted molar refractivity (Wildman–Crippen MR) is 107 cm³/mol. The molecule has 0 unspecified atom stereocenters. The van der Waals surface area contributed by atoms with Crippen molar-refractivity contribution < 1.29 is 4.39 Å². The maximum atomic E-state index is 14.1. The third kappa shape index (κ3) is 3.30. The number of anilines is 2. The summed E-state index contributed by atoms with van der Waals surface area (Å²) < 4.78 is 14.1. The van der Waals surface area contributed by atoms with E-state index in [9.17, 15) is 4.39 Å². The molecule has 0 saturated heterocycles. The summed E-state index contributed by atoms with van der Waals surface area (Å²) in [5.74, 6) is 2.15. The molecule has 2 aromatic heterocycles. The molecule has 1 aromatic carbocycles. The molecule has 8 heteroatoms. The Labute approximate surface area is 163 Å². The zero-order valence-electron chi connectivity index (χ0n) is 16.5. The highest BCUT2D eigenvalue weighted by Gasteiger charge is 2.22. The molecule has 4 rings (SSSR count). The topological polar surface area (TPSA) is 82.6 Å². The molecule has 0 saturated carbocycles. The van der Waals surface area contributed by atoms with Crippen molar-refractivity contribution in [1.82, 2.24) is 25.4 Å². The lowest BCUT2D eigenvalue weighted by molar-refractivity contribution is 0.613. The minimum Gasteiger partial charge on any atom is -0.365 e. The molecule has 1 aliphatic rings. The minimum absolute atomic E-state index is 0.175. The summed E-state index contributed by atoms with van der Waals surface area (Å²) in [6.45, 7) is 10.1. The Morgan fingerprint density at radius 2 is 2.04 bits per heavy atom. The Morgan fingerprint density at radius 3 is 2.79 bits per heavy atom. The third-order valence-electron chi connectivity index (χ3n) is 5.18. The van der Waals surface area contributed by atoms with Crippen molar-refractivity contribution in [2.24, 2.45) is 0 Å². The summed E-state index contributed by atoms with van der Waals surface area (Å²) in [4.78, 5) is 6.72. The monoisotopic (exact) mass is 381 g/mol. The molecule has 1 aliphatic heterocycles. The summed E-state index contributed by atoms with van der Waals surface area (Å²) >= 11 is 0. The van der Waals surface area contributed by atoms with Crippen LogP contribution < -0.4 is 10.2 Å². The van der Waals surface area contributed by atoms with E-state index in [0.717, 1.165) is 41.5 Å². The summed E-state index contributed by atoms with van der Waals surface area (Å²) in [6, 6.07) is 5.31. The molecule has 0 spiro atoms. The third-order valence-corrected chi connectivity index (χ3v) is 5.18. The van der Waals surface area contributed by atoms with E-state index in [0.29, 0.717) is 23.6 Å². The molecule has 28 heavy (non-hydrogen) atoms. The largest absolute Gasteiger partial charge is 0.365 e. The second-order valence-electron chi connectivity index (χ2n) is 7.48. The van der Waals surface area contributed by atoms with Gasteiger partial charge in [0.05, 0.1) is 5.69 Å². The van der Waals surface area contributed by atoms with Crippen LogP contribution in [0.2, 0.25) is 0 Å². The van der Waals surface area contributed by atoms with Crippen LogP contribution in [0.3, 0.4) is 0 Å². The number of nitrogens with one attached hydrogen (secondary N) is 2. The van der Waals surface area contributed by atoms with Crippen molar-refractivity contribution in [2.75, 3.05) is 23.3 Å². The molecule has 3 aromatic rings. The van der Waals surface area contributed by atoms with Crippen LogP contribution >= 0.6 is 0 Å². The molecule has 146 valence electrons. The van der Waals surface area contributed by atoms with Gasteiger partial charge in [-0.05, 0) is 42.7 Å². The van der Waals surface area contributed by atoms with E-state index in [-0.39, 0.29) is 11.7 Å². The van der Waals surface area contributed by atoms with Crippen LogP contribution in [0.1, 0.15) is 42.3 Å². The van der Waals surface area contributed by atoms with Crippen molar-refractivity contribution >= 4 is 11.5 Å². The van der Waals surface area contributed by atoms with Crippen LogP contribution in [-0.2, 0) is 6.54 Å². The number of H-pyrrole nitrogens is 1. The molecule has 7 nitrogen and oxygen atoms in total. The van der Waals surface area contributed by atoms with Crippen LogP contribution in [0.5, 0.6) is 0 Å². The van der Waals surface area contributed by atoms with Crippen LogP contribution in [0, 0.1) is 19.7 Å². The molecule has 0 fully saturated rings. The predicted octanol–water partition coefficient (Wildman–Crippen LogP) is 3.57. The van der Waals surface area contributed by atoms with Gasteiger partial charge < -0.3 is 10.2 Å². The highest BCUT2D eigenvalue weighted by molar-refractivity contribution is 5.72. The highest BCUT2D eigenvalue weighted by atomic mass is 19.1. The van der Waals surface area contributed by atoms with Gasteiger partial charge >= 0.3 is 0 Å². The Hall–Kier alpha value is -3.03. The molecule has 0 radical (unpaired) electrons. The van der Waals surface area contributed by atoms with E-state index in [1.54, 1.807) is 0 Å². The fourth-order valence-electron chi connectivity index (χ4n) is 3.40. The molecule has 0 amide bonds. The number of aromatic nitrogens is 5. The molecular weight excluding hydrogens is 357 g/mol. The van der Waals surface area contributed by atoms with Crippen LogP contribution in [0.15, 0.2) is 18.2 Å². The van der Waals surface area contributed by atoms with Gasteiger partial charge in [-0.3, -0.25) is 5.10 Å². The van der Waals surface area contributed by atoms with E-state index in [1.807, 2.05) is 26.0 Å². The number of hydrogen-bond acceptors (Lipinski definition) is 6. The number of halogens is 1. The number of rotatable bonds is 4. The van der Waals surface area contributed by atoms with Gasteiger partial charge in [-0.25, -0.2) is 9.37 Å². The lowest BCUT2D eigenvalue weighted by Gasteiger charge is -2.32. The molecular formula is C20H24FN7. The minimum atomic E-state index is -0.175. The van der Waals surface area contributed by atoms with Gasteiger partial charge in [0.2, 0.25) is 5.82 Å². The van der Waals surface area contributed by atoms with E-state index in [1.165, 1.54) is 6.07 Å². The van der Waals surface area contributed by atoms with Gasteiger partial charge in [-0.1, -0.05) is 19.9 Å². The maximum Gasteiger partial charge on any atom is 0.201 e. The molecule has 2 N–H and O–H groups in total. The second-order valence-corrected chi connectivity index (χ2v) is 7.48. The first-order valence-corrected chi connectivity index (χ1v) is 9.48. The normalized spacial score (nSPS) is 13.6. The first kappa shape index (κ1) is 18.3. The highest BCUT2D eigenvalue weighted by Crippen LogP contribution is 2.32. The number of nitrogens with zero attached hydrogens (tertiary/aromatic N) is 5. The van der Waals surface area contributed by atoms with Crippen molar-refractivity contribution in [2.45, 2.75) is 40.2 Å². The smallest absolute Gasteiger partial charge is 0.201 e. The van der Waals surface area contributed by atoms with Crippen LogP contribution in [0.25, 0.3) is 11.5 Å². The van der Waals surface area contributed by atoms with Gasteiger partial charge in [-0.2, -0.15) is 5.10 Å². The van der Waals surface area contributed by atoms with E-state index in [2.05, 4.69) is 49.4 Å². The Kier molecular flexibility index (Phi) is 4.70. The Morgan fingerprint density at radius 1 is 1.21 bits per heavy atom. The van der Waals surface area contributed by atoms with Crippen LogP contribution in [0.4, 0.5) is 15.9 Å².